The summed E-state index contributed by atoms with van der Waals surface area (Å²) < 4.78 is 27.0. The molecule has 0 rings (SSSR count). The van der Waals surface area contributed by atoms with Gasteiger partial charge in [-0.25, -0.2) is 8.42 Å². The van der Waals surface area contributed by atoms with Crippen LogP contribution in [0.4, 0.5) is 0 Å². The first-order valence-corrected chi connectivity index (χ1v) is 5.78. The van der Waals surface area contributed by atoms with Gasteiger partial charge in [0.2, 0.25) is 0 Å². The van der Waals surface area contributed by atoms with E-state index in [1.165, 1.54) is 0 Å². The molecule has 0 spiro atoms. The van der Waals surface area contributed by atoms with Gasteiger partial charge in [-0.3, -0.25) is 5.41 Å². The third-order valence-corrected chi connectivity index (χ3v) is 4.08. The van der Waals surface area contributed by atoms with Crippen LogP contribution in [-0.2, 0) is 14.6 Å². The van der Waals surface area contributed by atoms with Gasteiger partial charge in [0.05, 0.1) is 11.4 Å². The standard InChI is InChI=1S/C8H17NO3S/c1-5-12-7(9)6-13(10,11)8(2,3)4/h9H,5-6H2,1-4H3. The average Bonchev–Trinajstić information content (AvgIpc) is 1.83. The Kier molecular flexibility index (Phi) is 3.90. The van der Waals surface area contributed by atoms with E-state index in [1.807, 2.05) is 0 Å². The molecule has 0 radical (unpaired) electrons. The van der Waals surface area contributed by atoms with Crippen LogP contribution in [0.3, 0.4) is 0 Å². The van der Waals surface area contributed by atoms with E-state index < -0.39 is 14.6 Å². The maximum Gasteiger partial charge on any atom is 0.195 e. The molecule has 0 unspecified atom stereocenters. The van der Waals surface area contributed by atoms with Crippen LogP contribution in [0.1, 0.15) is 27.7 Å². The van der Waals surface area contributed by atoms with Crippen LogP contribution in [0, 0.1) is 5.41 Å². The second-order valence-electron chi connectivity index (χ2n) is 3.73. The van der Waals surface area contributed by atoms with E-state index in [1.54, 1.807) is 27.7 Å². The number of rotatable bonds is 3. The molecule has 4 nitrogen and oxygen atoms in total. The van der Waals surface area contributed by atoms with Gasteiger partial charge in [-0.05, 0) is 27.7 Å². The summed E-state index contributed by atoms with van der Waals surface area (Å²) in [7, 11) is -3.27. The third kappa shape index (κ3) is 3.76. The van der Waals surface area contributed by atoms with E-state index in [0.717, 1.165) is 0 Å². The first-order chi connectivity index (χ1) is 5.70. The molecule has 0 aromatic heterocycles. The molecule has 0 heterocycles. The summed E-state index contributed by atoms with van der Waals surface area (Å²) in [5.41, 5.74) is 0. The predicted molar refractivity (Wildman–Crippen MR) is 52.9 cm³/mol. The number of hydrogen-bond acceptors (Lipinski definition) is 4. The van der Waals surface area contributed by atoms with E-state index >= 15 is 0 Å². The van der Waals surface area contributed by atoms with Crippen molar-refractivity contribution in [3.63, 3.8) is 0 Å². The zero-order chi connectivity index (χ0) is 10.7. The second kappa shape index (κ2) is 4.09. The zero-order valence-electron chi connectivity index (χ0n) is 8.55. The lowest BCUT2D eigenvalue weighted by Crippen LogP contribution is -2.33. The Hall–Kier alpha value is -0.580. The summed E-state index contributed by atoms with van der Waals surface area (Å²) in [6, 6.07) is 0. The van der Waals surface area contributed by atoms with E-state index in [0.29, 0.717) is 6.61 Å². The molecule has 13 heavy (non-hydrogen) atoms. The monoisotopic (exact) mass is 207 g/mol. The van der Waals surface area contributed by atoms with Gasteiger partial charge in [-0.2, -0.15) is 0 Å². The molecule has 0 saturated heterocycles. The molecule has 0 aromatic rings. The van der Waals surface area contributed by atoms with Gasteiger partial charge >= 0.3 is 0 Å². The maximum absolute atomic E-state index is 11.5. The van der Waals surface area contributed by atoms with Crippen molar-refractivity contribution < 1.29 is 13.2 Å². The van der Waals surface area contributed by atoms with Crippen LogP contribution in [0.5, 0.6) is 0 Å². The van der Waals surface area contributed by atoms with E-state index in [-0.39, 0.29) is 11.7 Å². The predicted octanol–water partition coefficient (Wildman–Crippen LogP) is 1.21. The quantitative estimate of drug-likeness (QED) is 0.558. The van der Waals surface area contributed by atoms with Crippen LogP contribution in [-0.4, -0.2) is 31.4 Å². The third-order valence-electron chi connectivity index (χ3n) is 1.57. The van der Waals surface area contributed by atoms with Crippen molar-refractivity contribution in [2.45, 2.75) is 32.4 Å². The fraction of sp³-hybridized carbons (Fsp3) is 0.875. The van der Waals surface area contributed by atoms with Gasteiger partial charge in [0.25, 0.3) is 0 Å². The summed E-state index contributed by atoms with van der Waals surface area (Å²) in [6.07, 6.45) is 0. The van der Waals surface area contributed by atoms with Gasteiger partial charge in [0, 0.05) is 0 Å². The lowest BCUT2D eigenvalue weighted by atomic mass is 10.3. The summed E-state index contributed by atoms with van der Waals surface area (Å²) in [6.45, 7) is 6.89. The van der Waals surface area contributed by atoms with Crippen molar-refractivity contribution >= 4 is 15.7 Å². The van der Waals surface area contributed by atoms with Gasteiger partial charge in [-0.1, -0.05) is 0 Å². The van der Waals surface area contributed by atoms with Gasteiger partial charge in [0.1, 0.15) is 5.75 Å². The van der Waals surface area contributed by atoms with Crippen LogP contribution in [0.25, 0.3) is 0 Å². The van der Waals surface area contributed by atoms with Gasteiger partial charge in [-0.15, -0.1) is 0 Å². The van der Waals surface area contributed by atoms with Crippen molar-refractivity contribution in [3.05, 3.63) is 0 Å². The van der Waals surface area contributed by atoms with E-state index in [9.17, 15) is 8.42 Å². The molecule has 0 aromatic carbocycles. The molecule has 78 valence electrons. The van der Waals surface area contributed by atoms with Crippen LogP contribution < -0.4 is 0 Å². The molecule has 0 fully saturated rings. The highest BCUT2D eigenvalue weighted by Gasteiger charge is 2.30. The molecule has 0 aliphatic heterocycles. The number of sulfone groups is 1. The smallest absolute Gasteiger partial charge is 0.195 e. The van der Waals surface area contributed by atoms with Crippen molar-refractivity contribution in [3.8, 4) is 0 Å². The van der Waals surface area contributed by atoms with Crippen molar-refractivity contribution in [1.29, 1.82) is 5.41 Å². The molecular weight excluding hydrogens is 190 g/mol. The fourth-order valence-electron chi connectivity index (χ4n) is 0.605. The highest BCUT2D eigenvalue weighted by molar-refractivity contribution is 7.93. The maximum atomic E-state index is 11.5. The number of hydrogen-bond donors (Lipinski definition) is 1. The summed E-state index contributed by atoms with van der Waals surface area (Å²) in [5, 5.41) is 7.22. The molecule has 0 bridgehead atoms. The fourth-order valence-corrected chi connectivity index (χ4v) is 1.47. The van der Waals surface area contributed by atoms with Gasteiger partial charge in [0.15, 0.2) is 15.7 Å². The topological polar surface area (TPSA) is 67.2 Å². The number of ether oxygens (including phenoxy) is 1. The van der Waals surface area contributed by atoms with Crippen molar-refractivity contribution in [1.82, 2.24) is 0 Å². The minimum Gasteiger partial charge on any atom is -0.481 e. The van der Waals surface area contributed by atoms with Gasteiger partial charge < -0.3 is 4.74 Å². The molecule has 0 aliphatic carbocycles. The molecule has 1 N–H and O–H groups in total. The van der Waals surface area contributed by atoms with E-state index in [2.05, 4.69) is 0 Å². The minimum atomic E-state index is -3.27. The minimum absolute atomic E-state index is 0.183. The van der Waals surface area contributed by atoms with Crippen molar-refractivity contribution in [2.24, 2.45) is 0 Å². The second-order valence-corrected chi connectivity index (χ2v) is 6.47. The lowest BCUT2D eigenvalue weighted by Gasteiger charge is -2.18. The SMILES string of the molecule is CCOC(=N)CS(=O)(=O)C(C)(C)C. The molecule has 0 amide bonds. The molecule has 0 atom stereocenters. The molecule has 0 aliphatic rings. The Morgan fingerprint density at radius 1 is 1.38 bits per heavy atom. The Bertz CT molecular complexity index is 274. The largest absolute Gasteiger partial charge is 0.481 e. The van der Waals surface area contributed by atoms with Crippen LogP contribution in [0.15, 0.2) is 0 Å². The Labute approximate surface area is 79.7 Å². The summed E-state index contributed by atoms with van der Waals surface area (Å²) >= 11 is 0. The summed E-state index contributed by atoms with van der Waals surface area (Å²) in [4.78, 5) is 0. The van der Waals surface area contributed by atoms with Crippen LogP contribution in [0.2, 0.25) is 0 Å². The van der Waals surface area contributed by atoms with Crippen molar-refractivity contribution in [2.75, 3.05) is 12.4 Å². The molecular formula is C8H17NO3S. The Balaban J connectivity index is 4.46. The Morgan fingerprint density at radius 2 is 1.85 bits per heavy atom. The summed E-state index contributed by atoms with van der Waals surface area (Å²) in [5.74, 6) is -0.498. The molecule has 5 heteroatoms. The number of nitrogens with one attached hydrogen (secondary N) is 1. The van der Waals surface area contributed by atoms with Crippen LogP contribution >= 0.6 is 0 Å². The first kappa shape index (κ1) is 12.4. The normalized spacial score (nSPS) is 12.6. The highest BCUT2D eigenvalue weighted by Crippen LogP contribution is 2.15. The Morgan fingerprint density at radius 3 is 2.15 bits per heavy atom. The van der Waals surface area contributed by atoms with E-state index in [4.69, 9.17) is 10.1 Å². The lowest BCUT2D eigenvalue weighted by molar-refractivity contribution is 0.321. The molecule has 0 saturated carbocycles. The highest BCUT2D eigenvalue weighted by atomic mass is 32.2. The first-order valence-electron chi connectivity index (χ1n) is 4.13. The average molecular weight is 207 g/mol. The zero-order valence-corrected chi connectivity index (χ0v) is 9.36.